The standard InChI is InChI=1S/C8H11N.C7H9N.CH3I.CO2.CH4O.CH4.Al.HI.Li.O2.4H/c1-9(2)8-6-4-3-5-7-8;1-8-7-5-3-2-4-6-7;1-2;2-1-3;1-2;;;;;1-2;;;;/h3-7H,1-2H3;2-6,8H,1H3;1H3;;2H,1H3;1H4;;1H;;;;;;/q;;;;;;;;+1;;;;;-1/i1-1;;3*1-1;;;;;;;;;. The number of alkyl halides is 1. The molecule has 0 heterocycles. The number of anilines is 2. The van der Waals surface area contributed by atoms with E-state index < -0.39 is 0 Å². The molecule has 0 aliphatic carbocycles. The average Bonchev–Trinajstić information content (AvgIpc) is 2.75. The fourth-order valence-corrected chi connectivity index (χ4v) is 1.33. The summed E-state index contributed by atoms with van der Waals surface area (Å²) >= 11 is 2.15. The Balaban J connectivity index is -0.0000000293. The Morgan fingerprint density at radius 3 is 1.33 bits per heavy atom. The molecule has 0 spiro atoms. The van der Waals surface area contributed by atoms with Crippen molar-refractivity contribution in [1.29, 1.82) is 0 Å². The Bertz CT molecular complexity index is 531. The summed E-state index contributed by atoms with van der Waals surface area (Å²) in [6.07, 6.45) is 0.250. The van der Waals surface area contributed by atoms with Crippen LogP contribution in [-0.2, 0) is 9.59 Å². The van der Waals surface area contributed by atoms with Crippen LogP contribution < -0.4 is 29.1 Å². The topological polar surface area (TPSA) is 104 Å². The predicted molar refractivity (Wildman–Crippen MR) is 150 cm³/mol. The van der Waals surface area contributed by atoms with Gasteiger partial charge in [-0.2, -0.15) is 9.59 Å². The number of carbonyl (C=O) groups excluding carboxylic acids is 2. The number of benzene rings is 2. The van der Waals surface area contributed by atoms with Gasteiger partial charge in [-0.05, 0) is 29.2 Å². The van der Waals surface area contributed by atoms with Crippen molar-refractivity contribution in [1.82, 2.24) is 0 Å². The summed E-state index contributed by atoms with van der Waals surface area (Å²) in [4.78, 5) is 34.3. The molecule has 11 heteroatoms. The zero-order valence-electron chi connectivity index (χ0n) is 18.1. The molecule has 170 valence electrons. The summed E-state index contributed by atoms with van der Waals surface area (Å²) in [5.74, 6) is 0. The van der Waals surface area contributed by atoms with E-state index in [1.54, 1.807) is 0 Å². The van der Waals surface area contributed by atoms with E-state index in [0.717, 1.165) is 12.8 Å². The van der Waals surface area contributed by atoms with E-state index in [0.29, 0.717) is 0 Å². The molecule has 2 N–H and O–H groups in total. The Morgan fingerprint density at radius 1 is 0.900 bits per heavy atom. The van der Waals surface area contributed by atoms with Gasteiger partial charge in [-0.3, -0.25) is 0 Å². The number of aliphatic hydroxyl groups excluding tert-OH is 1. The van der Waals surface area contributed by atoms with Crippen LogP contribution in [0.2, 0.25) is 0 Å². The number of halogens is 2. The summed E-state index contributed by atoms with van der Waals surface area (Å²) < 4.78 is 0. The number of hydrogen-bond acceptors (Lipinski definition) is 7. The van der Waals surface area contributed by atoms with Crippen LogP contribution in [-0.4, -0.2) is 61.8 Å². The van der Waals surface area contributed by atoms with Crippen LogP contribution in [0.5, 0.6) is 0 Å². The van der Waals surface area contributed by atoms with Crippen molar-refractivity contribution in [3.63, 3.8) is 0 Å². The van der Waals surface area contributed by atoms with Gasteiger partial charge in [0.05, 0.1) is 0 Å². The Morgan fingerprint density at radius 2 is 1.17 bits per heavy atom. The van der Waals surface area contributed by atoms with Crippen molar-refractivity contribution in [2.24, 2.45) is 0 Å². The normalized spacial score (nSPS) is 5.83. The molecule has 0 radical (unpaired) electrons. The summed E-state index contributed by atoms with van der Waals surface area (Å²) in [6.45, 7) is 0. The molecule has 0 unspecified atom stereocenters. The van der Waals surface area contributed by atoms with Crippen LogP contribution in [0.25, 0.3) is 0 Å². The zero-order valence-corrected chi connectivity index (χ0v) is 21.6. The third-order valence-corrected chi connectivity index (χ3v) is 2.34. The maximum Gasteiger partial charge on any atom is 1.00 e. The smallest absolute Gasteiger partial charge is 1.00 e. The van der Waals surface area contributed by atoms with Gasteiger partial charge in [-0.1, -0.05) is 66.4 Å². The molecule has 0 amide bonds. The van der Waals surface area contributed by atoms with Crippen molar-refractivity contribution >= 4 is 81.5 Å². The summed E-state index contributed by atoms with van der Waals surface area (Å²) in [7, 11) is 6.99. The SMILES string of the molecule is C.CN([11CH3])c1ccccc1.CNc1ccccc1.I.O=O.O=[11C]=O.[11CH3]I.[11CH3]O.[AlH3].[H-].[Li+]. The second kappa shape index (κ2) is 51.3. The van der Waals surface area contributed by atoms with Crippen LogP contribution in [0.15, 0.2) is 60.7 Å². The first kappa shape index (κ1) is 51.9. The molecule has 30 heavy (non-hydrogen) atoms. The van der Waals surface area contributed by atoms with Crippen LogP contribution >= 0.6 is 46.6 Å². The predicted octanol–water partition coefficient (Wildman–Crippen LogP) is 0.811. The van der Waals surface area contributed by atoms with Crippen LogP contribution in [0.3, 0.4) is 0 Å². The summed E-state index contributed by atoms with van der Waals surface area (Å²) in [5, 5.41) is 10.0. The second-order valence-electron chi connectivity index (χ2n) is 3.93. The van der Waals surface area contributed by atoms with E-state index in [2.05, 4.69) is 44.9 Å². The van der Waals surface area contributed by atoms with Gasteiger partial charge in [0.2, 0.25) is 0 Å². The molecule has 0 aromatic heterocycles. The maximum absolute atomic E-state index is 8.12. The molecule has 0 aliphatic rings. The molecule has 0 bridgehead atoms. The van der Waals surface area contributed by atoms with Gasteiger partial charge in [0.25, 0.3) is 0 Å². The molecule has 2 aromatic rings. The van der Waals surface area contributed by atoms with E-state index in [9.17, 15) is 0 Å². The number of para-hydroxylation sites is 2. The van der Waals surface area contributed by atoms with Crippen molar-refractivity contribution in [3.8, 4) is 0 Å². The van der Waals surface area contributed by atoms with Gasteiger partial charge < -0.3 is 16.7 Å². The van der Waals surface area contributed by atoms with E-state index in [1.165, 1.54) is 5.69 Å². The minimum Gasteiger partial charge on any atom is -1.00 e. The molecular weight excluding hydrogens is 620 g/mol. The molecule has 0 atom stereocenters. The Labute approximate surface area is 235 Å². The fraction of sp³-hybridized carbons (Fsp3) is 0.316. The minimum absolute atomic E-state index is 0. The van der Waals surface area contributed by atoms with Gasteiger partial charge in [0.15, 0.2) is 17.4 Å². The van der Waals surface area contributed by atoms with Crippen LogP contribution in [0.1, 0.15) is 8.85 Å². The van der Waals surface area contributed by atoms with Gasteiger partial charge in [0.1, 0.15) is 0 Å². The maximum atomic E-state index is 8.12. The quantitative estimate of drug-likeness (QED) is 0.281. The first-order valence-corrected chi connectivity index (χ1v) is 9.25. The van der Waals surface area contributed by atoms with E-state index in [-0.39, 0.29) is 75.2 Å². The Kier molecular flexibility index (Phi) is 88.7. The largest absolute Gasteiger partial charge is 1.00 e. The van der Waals surface area contributed by atoms with Crippen molar-refractivity contribution in [2.75, 3.05) is 43.4 Å². The van der Waals surface area contributed by atoms with E-state index in [4.69, 9.17) is 24.6 Å². The molecule has 0 fully saturated rings. The third kappa shape index (κ3) is 41.8. The molecular formula is C19H36AlI2LiN2O5. The number of aliphatic hydroxyl groups is 1. The number of rotatable bonds is 2. The molecule has 7 nitrogen and oxygen atoms in total. The molecule has 2 aromatic carbocycles. The monoisotopic (exact) mass is 656 g/mol. The molecule has 2 rings (SSSR count). The summed E-state index contributed by atoms with van der Waals surface area (Å²) in [6, 6.07) is 20.3. The van der Waals surface area contributed by atoms with Gasteiger partial charge in [-0.25, -0.2) is 0 Å². The number of hydrogen-bond donors (Lipinski definition) is 2. The average molecular weight is 656 g/mol. The van der Waals surface area contributed by atoms with Gasteiger partial charge in [0, 0.05) is 49.6 Å². The first-order chi connectivity index (χ1) is 12.7. The number of nitrogens with zero attached hydrogens (tertiary/aromatic N) is 1. The van der Waals surface area contributed by atoms with E-state index in [1.807, 2.05) is 74.6 Å². The number of nitrogens with one attached hydrogen (secondary N) is 1. The van der Waals surface area contributed by atoms with Crippen molar-refractivity contribution in [3.05, 3.63) is 70.6 Å². The summed E-state index contributed by atoms with van der Waals surface area (Å²) in [5.41, 5.74) is 2.41. The van der Waals surface area contributed by atoms with Gasteiger partial charge >= 0.3 is 25.0 Å². The van der Waals surface area contributed by atoms with Crippen LogP contribution in [0.4, 0.5) is 11.4 Å². The molecule has 0 saturated heterocycles. The minimum atomic E-state index is 0. The first-order valence-electron chi connectivity index (χ1n) is 7.09. The second-order valence-corrected chi connectivity index (χ2v) is 3.93. The zero-order chi connectivity index (χ0) is 21.2. The molecule has 0 aliphatic heterocycles. The van der Waals surface area contributed by atoms with Gasteiger partial charge in [-0.15, -0.1) is 24.0 Å². The van der Waals surface area contributed by atoms with Crippen molar-refractivity contribution in [2.45, 2.75) is 7.43 Å². The molecule has 0 saturated carbocycles. The van der Waals surface area contributed by atoms with Crippen molar-refractivity contribution < 1.29 is 35.0 Å². The third-order valence-electron chi connectivity index (χ3n) is 2.34. The Hall–Kier alpha value is -0.430. The fourth-order valence-electron chi connectivity index (χ4n) is 1.33. The van der Waals surface area contributed by atoms with E-state index >= 15 is 0 Å². The van der Waals surface area contributed by atoms with Crippen LogP contribution in [0, 0.1) is 9.93 Å².